The van der Waals surface area contributed by atoms with Crippen molar-refractivity contribution in [1.82, 2.24) is 19.9 Å². The summed E-state index contributed by atoms with van der Waals surface area (Å²) in [6, 6.07) is 20.1. The van der Waals surface area contributed by atoms with E-state index in [9.17, 15) is 14.6 Å². The van der Waals surface area contributed by atoms with Gasteiger partial charge in [0.25, 0.3) is 0 Å². The molecule has 2 aromatic heterocycles. The van der Waals surface area contributed by atoms with Gasteiger partial charge in [-0.05, 0) is 90.9 Å². The lowest BCUT2D eigenvalue weighted by Gasteiger charge is -2.27. The molecule has 4 N–H and O–H groups in total. The molecule has 10 heteroatoms. The number of hydrogen-bond acceptors (Lipinski definition) is 7. The molecule has 1 aliphatic rings. The van der Waals surface area contributed by atoms with Crippen molar-refractivity contribution in [3.05, 3.63) is 102 Å². The van der Waals surface area contributed by atoms with Crippen molar-refractivity contribution in [2.75, 3.05) is 11.9 Å². The van der Waals surface area contributed by atoms with Gasteiger partial charge in [0.1, 0.15) is 30.3 Å². The number of aromatic nitrogens is 3. The molecule has 1 atom stereocenters. The quantitative estimate of drug-likeness (QED) is 0.135. The Morgan fingerprint density at radius 2 is 1.86 bits per heavy atom. The van der Waals surface area contributed by atoms with E-state index in [1.807, 2.05) is 47.3 Å². The summed E-state index contributed by atoms with van der Waals surface area (Å²) in [6.07, 6.45) is 8.32. The number of rotatable bonds is 11. The fraction of sp³-hybridized carbons (Fsp3) is 0.294. The summed E-state index contributed by atoms with van der Waals surface area (Å²) in [5.74, 6) is 0.822. The highest BCUT2D eigenvalue weighted by molar-refractivity contribution is 6.32. The number of anilines is 2. The van der Waals surface area contributed by atoms with Crippen molar-refractivity contribution in [2.24, 2.45) is 0 Å². The minimum atomic E-state index is -0.521. The lowest BCUT2D eigenvalue weighted by molar-refractivity contribution is 0.106. The highest BCUT2D eigenvalue weighted by Gasteiger charge is 2.20. The summed E-state index contributed by atoms with van der Waals surface area (Å²) in [4.78, 5) is 8.92. The van der Waals surface area contributed by atoms with Crippen LogP contribution in [-0.4, -0.2) is 49.5 Å². The Hall–Kier alpha value is -4.02. The average molecular weight is 616 g/mol. The highest BCUT2D eigenvalue weighted by atomic mass is 35.5. The van der Waals surface area contributed by atoms with Crippen molar-refractivity contribution in [1.29, 1.82) is 0 Å². The maximum Gasteiger partial charge on any atom is 0.141 e. The second kappa shape index (κ2) is 13.7. The summed E-state index contributed by atoms with van der Waals surface area (Å²) in [5, 5.41) is 28.4. The standard InChI is InChI=1S/C34H35ClFN5O3/c35-31-16-27(7-11-33(31)44-20-22-2-1-3-25(36)14-22)40-34-30-15-23(4-10-32(30)38-21-39-34)24-12-13-41(18-24)19-29(43)17-37-26-5-8-28(42)9-6-26/h1-4,7,10-16,18,21,26,28-29,37,42-43H,5-6,8-9,17,19-20H2,(H,38,39,40). The van der Waals surface area contributed by atoms with Gasteiger partial charge in [0, 0.05) is 42.6 Å². The summed E-state index contributed by atoms with van der Waals surface area (Å²) in [5.41, 5.74) is 4.26. The topological polar surface area (TPSA) is 104 Å². The molecule has 0 amide bonds. The zero-order valence-electron chi connectivity index (χ0n) is 24.2. The number of benzene rings is 3. The zero-order valence-corrected chi connectivity index (χ0v) is 24.9. The minimum Gasteiger partial charge on any atom is -0.487 e. The van der Waals surface area contributed by atoms with Gasteiger partial charge in [0.2, 0.25) is 0 Å². The summed E-state index contributed by atoms with van der Waals surface area (Å²) in [7, 11) is 0. The van der Waals surface area contributed by atoms with E-state index in [1.165, 1.54) is 18.5 Å². The van der Waals surface area contributed by atoms with E-state index in [0.717, 1.165) is 53.4 Å². The Labute approximate surface area is 260 Å². The number of nitrogens with zero attached hydrogens (tertiary/aromatic N) is 3. The Balaban J connectivity index is 1.11. The molecular weight excluding hydrogens is 581 g/mol. The molecule has 8 nitrogen and oxygen atoms in total. The van der Waals surface area contributed by atoms with Crippen LogP contribution >= 0.6 is 11.6 Å². The first-order valence-corrected chi connectivity index (χ1v) is 15.2. The third kappa shape index (κ3) is 7.54. The molecule has 1 fully saturated rings. The van der Waals surface area contributed by atoms with Gasteiger partial charge in [0.05, 0.1) is 22.7 Å². The minimum absolute atomic E-state index is 0.185. The van der Waals surface area contributed by atoms with Gasteiger partial charge in [-0.25, -0.2) is 14.4 Å². The van der Waals surface area contributed by atoms with Crippen LogP contribution in [0.3, 0.4) is 0 Å². The van der Waals surface area contributed by atoms with Gasteiger partial charge in [0.15, 0.2) is 0 Å². The van der Waals surface area contributed by atoms with E-state index in [-0.39, 0.29) is 18.5 Å². The van der Waals surface area contributed by atoms with Gasteiger partial charge in [-0.15, -0.1) is 0 Å². The smallest absolute Gasteiger partial charge is 0.141 e. The van der Waals surface area contributed by atoms with E-state index < -0.39 is 6.10 Å². The lowest BCUT2D eigenvalue weighted by Crippen LogP contribution is -2.40. The lowest BCUT2D eigenvalue weighted by atomic mass is 9.93. The Morgan fingerprint density at radius 3 is 2.68 bits per heavy atom. The van der Waals surface area contributed by atoms with Gasteiger partial charge in [-0.1, -0.05) is 29.8 Å². The summed E-state index contributed by atoms with van der Waals surface area (Å²) >= 11 is 6.51. The van der Waals surface area contributed by atoms with Crippen LogP contribution in [0.4, 0.5) is 15.9 Å². The summed E-state index contributed by atoms with van der Waals surface area (Å²) < 4.78 is 21.3. The molecule has 2 heterocycles. The van der Waals surface area contributed by atoms with Crippen LogP contribution in [-0.2, 0) is 13.2 Å². The predicted octanol–water partition coefficient (Wildman–Crippen LogP) is 6.47. The average Bonchev–Trinajstić information content (AvgIpc) is 3.49. The van der Waals surface area contributed by atoms with E-state index in [4.69, 9.17) is 16.3 Å². The molecule has 0 saturated heterocycles. The van der Waals surface area contributed by atoms with Gasteiger partial charge in [-0.3, -0.25) is 0 Å². The fourth-order valence-corrected chi connectivity index (χ4v) is 5.81. The molecule has 6 rings (SSSR count). The second-order valence-corrected chi connectivity index (χ2v) is 11.7. The molecular formula is C34H35ClFN5O3. The third-order valence-electron chi connectivity index (χ3n) is 7.96. The van der Waals surface area contributed by atoms with E-state index in [2.05, 4.69) is 20.6 Å². The van der Waals surface area contributed by atoms with Crippen molar-refractivity contribution in [3.8, 4) is 16.9 Å². The van der Waals surface area contributed by atoms with Crippen molar-refractivity contribution >= 4 is 34.0 Å². The molecule has 3 aromatic carbocycles. The molecule has 1 unspecified atom stereocenters. The number of aliphatic hydroxyl groups excluding tert-OH is 2. The number of halogens is 2. The fourth-order valence-electron chi connectivity index (χ4n) is 5.57. The van der Waals surface area contributed by atoms with Crippen LogP contribution in [0.5, 0.6) is 5.75 Å². The van der Waals surface area contributed by atoms with Crippen molar-refractivity contribution in [3.63, 3.8) is 0 Å². The van der Waals surface area contributed by atoms with E-state index in [1.54, 1.807) is 24.3 Å². The first-order valence-electron chi connectivity index (χ1n) is 14.8. The maximum atomic E-state index is 13.5. The number of aliphatic hydroxyl groups is 2. The van der Waals surface area contributed by atoms with Gasteiger partial charge in [-0.2, -0.15) is 0 Å². The molecule has 5 aromatic rings. The normalized spacial score (nSPS) is 17.5. The largest absolute Gasteiger partial charge is 0.487 e. The molecule has 0 aliphatic heterocycles. The van der Waals surface area contributed by atoms with Crippen molar-refractivity contribution < 1.29 is 19.3 Å². The van der Waals surface area contributed by atoms with Crippen LogP contribution < -0.4 is 15.4 Å². The Morgan fingerprint density at radius 1 is 1.00 bits per heavy atom. The molecule has 0 spiro atoms. The van der Waals surface area contributed by atoms with Crippen LogP contribution in [0.25, 0.3) is 22.0 Å². The molecule has 1 saturated carbocycles. The number of hydrogen-bond donors (Lipinski definition) is 4. The van der Waals surface area contributed by atoms with Gasteiger partial charge >= 0.3 is 0 Å². The molecule has 0 radical (unpaired) electrons. The Bertz CT molecular complexity index is 1720. The van der Waals surface area contributed by atoms with E-state index in [0.29, 0.717) is 41.3 Å². The van der Waals surface area contributed by atoms with Crippen LogP contribution in [0, 0.1) is 5.82 Å². The summed E-state index contributed by atoms with van der Waals surface area (Å²) in [6.45, 7) is 1.20. The highest BCUT2D eigenvalue weighted by Crippen LogP contribution is 2.32. The first kappa shape index (κ1) is 30.0. The number of ether oxygens (including phenoxy) is 1. The predicted molar refractivity (Wildman–Crippen MR) is 171 cm³/mol. The number of nitrogens with one attached hydrogen (secondary N) is 2. The SMILES string of the molecule is OC1CCC(NCC(O)Cn2ccc(-c3ccc4ncnc(Nc5ccc(OCc6cccc(F)c6)c(Cl)c5)c4c3)c2)CC1. The molecule has 44 heavy (non-hydrogen) atoms. The molecule has 0 bridgehead atoms. The monoisotopic (exact) mass is 615 g/mol. The first-order chi connectivity index (χ1) is 21.4. The second-order valence-electron chi connectivity index (χ2n) is 11.3. The van der Waals surface area contributed by atoms with Gasteiger partial charge < -0.3 is 30.2 Å². The Kier molecular flexibility index (Phi) is 9.37. The third-order valence-corrected chi connectivity index (χ3v) is 8.25. The van der Waals surface area contributed by atoms with Crippen molar-refractivity contribution in [2.45, 2.75) is 57.1 Å². The number of fused-ring (bicyclic) bond motifs is 1. The maximum absolute atomic E-state index is 13.5. The van der Waals surface area contributed by atoms with Crippen LogP contribution in [0.2, 0.25) is 5.02 Å². The molecule has 1 aliphatic carbocycles. The molecule has 228 valence electrons. The van der Waals surface area contributed by atoms with Crippen LogP contribution in [0.1, 0.15) is 31.2 Å². The van der Waals surface area contributed by atoms with Crippen LogP contribution in [0.15, 0.2) is 85.5 Å². The van der Waals surface area contributed by atoms with E-state index >= 15 is 0 Å². The zero-order chi connectivity index (χ0) is 30.5.